The average molecular weight is 365 g/mol. The molecular formula is C21H19NO5. The lowest BCUT2D eigenvalue weighted by Gasteiger charge is -2.24. The van der Waals surface area contributed by atoms with E-state index in [1.165, 1.54) is 4.90 Å². The Morgan fingerprint density at radius 2 is 1.85 bits per heavy atom. The van der Waals surface area contributed by atoms with Crippen molar-refractivity contribution in [2.45, 2.75) is 13.0 Å². The Hall–Kier alpha value is -3.12. The number of β-amino-alcohol motifs (C(OH)–C–C–N with tert-alkyl or cyclic N) is 1. The molecule has 2 heterocycles. The smallest absolute Gasteiger partial charge is 0.290 e. The van der Waals surface area contributed by atoms with Gasteiger partial charge >= 0.3 is 0 Å². The zero-order valence-electron chi connectivity index (χ0n) is 14.8. The number of hydrogen-bond donors (Lipinski definition) is 1. The van der Waals surface area contributed by atoms with Gasteiger partial charge in [-0.3, -0.25) is 9.59 Å². The van der Waals surface area contributed by atoms with Crippen molar-refractivity contribution in [2.75, 3.05) is 19.8 Å². The summed E-state index contributed by atoms with van der Waals surface area (Å²) >= 11 is 0. The van der Waals surface area contributed by atoms with Gasteiger partial charge in [-0.25, -0.2) is 0 Å². The number of aliphatic hydroxyl groups is 1. The topological polar surface area (TPSA) is 80.0 Å². The van der Waals surface area contributed by atoms with Gasteiger partial charge in [0.15, 0.2) is 5.43 Å². The second-order valence-electron chi connectivity index (χ2n) is 6.30. The molecule has 1 aliphatic rings. The molecule has 1 N–H and O–H groups in total. The van der Waals surface area contributed by atoms with Crippen LogP contribution in [0.4, 0.5) is 0 Å². The van der Waals surface area contributed by atoms with Crippen LogP contribution in [0.5, 0.6) is 5.75 Å². The summed E-state index contributed by atoms with van der Waals surface area (Å²) in [5, 5.41) is 9.87. The highest BCUT2D eigenvalue weighted by Crippen LogP contribution is 2.38. The summed E-state index contributed by atoms with van der Waals surface area (Å²) in [6, 6.07) is 13.6. The third-order valence-corrected chi connectivity index (χ3v) is 4.72. The second-order valence-corrected chi connectivity index (χ2v) is 6.30. The highest BCUT2D eigenvalue weighted by Gasteiger charge is 2.42. The van der Waals surface area contributed by atoms with Gasteiger partial charge < -0.3 is 19.2 Å². The maximum absolute atomic E-state index is 13.1. The lowest BCUT2D eigenvalue weighted by Crippen LogP contribution is -2.32. The van der Waals surface area contributed by atoms with Crippen LogP contribution < -0.4 is 10.2 Å². The lowest BCUT2D eigenvalue weighted by atomic mass is 9.98. The van der Waals surface area contributed by atoms with Crippen molar-refractivity contribution in [1.29, 1.82) is 0 Å². The number of hydrogen-bond acceptors (Lipinski definition) is 5. The molecule has 2 aromatic carbocycles. The van der Waals surface area contributed by atoms with Crippen molar-refractivity contribution in [1.82, 2.24) is 4.90 Å². The Labute approximate surface area is 155 Å². The van der Waals surface area contributed by atoms with E-state index in [9.17, 15) is 14.7 Å². The Balaban J connectivity index is 1.91. The molecule has 0 spiro atoms. The van der Waals surface area contributed by atoms with E-state index < -0.39 is 6.04 Å². The number of rotatable bonds is 5. The van der Waals surface area contributed by atoms with E-state index in [2.05, 4.69) is 0 Å². The Kier molecular flexibility index (Phi) is 4.41. The summed E-state index contributed by atoms with van der Waals surface area (Å²) in [4.78, 5) is 27.5. The van der Waals surface area contributed by atoms with Crippen LogP contribution in [0.1, 0.15) is 34.6 Å². The number of amides is 1. The van der Waals surface area contributed by atoms with Crippen LogP contribution in [0, 0.1) is 0 Å². The molecular weight excluding hydrogens is 346 g/mol. The molecule has 0 unspecified atom stereocenters. The molecule has 6 nitrogen and oxygen atoms in total. The SMILES string of the molecule is CCOc1ccc([C@H]2c3c(oc4ccccc4c3=O)C(=O)N2CCO)cc1. The van der Waals surface area contributed by atoms with Gasteiger partial charge in [-0.1, -0.05) is 24.3 Å². The summed E-state index contributed by atoms with van der Waals surface area (Å²) in [6.07, 6.45) is 0. The Morgan fingerprint density at radius 1 is 1.11 bits per heavy atom. The fourth-order valence-electron chi connectivity index (χ4n) is 3.57. The minimum atomic E-state index is -0.601. The maximum atomic E-state index is 13.1. The summed E-state index contributed by atoms with van der Waals surface area (Å²) in [6.45, 7) is 2.35. The number of ether oxygens (including phenoxy) is 1. The molecule has 4 rings (SSSR count). The van der Waals surface area contributed by atoms with Gasteiger partial charge in [-0.05, 0) is 36.8 Å². The van der Waals surface area contributed by atoms with Crippen LogP contribution in [0.3, 0.4) is 0 Å². The van der Waals surface area contributed by atoms with Crippen LogP contribution in [0.15, 0.2) is 57.7 Å². The number of carbonyl (C=O) groups excluding carboxylic acids is 1. The molecule has 27 heavy (non-hydrogen) atoms. The normalized spacial score (nSPS) is 16.0. The van der Waals surface area contributed by atoms with Crippen molar-refractivity contribution in [3.63, 3.8) is 0 Å². The van der Waals surface area contributed by atoms with Gasteiger partial charge in [-0.15, -0.1) is 0 Å². The third kappa shape index (κ3) is 2.78. The fraction of sp³-hybridized carbons (Fsp3) is 0.238. The molecule has 6 heteroatoms. The first-order valence-corrected chi connectivity index (χ1v) is 8.86. The van der Waals surface area contributed by atoms with Crippen LogP contribution in [-0.4, -0.2) is 35.7 Å². The van der Waals surface area contributed by atoms with E-state index >= 15 is 0 Å². The molecule has 0 aliphatic carbocycles. The van der Waals surface area contributed by atoms with Gasteiger partial charge in [0.1, 0.15) is 11.3 Å². The van der Waals surface area contributed by atoms with E-state index in [-0.39, 0.29) is 30.2 Å². The first-order chi connectivity index (χ1) is 13.2. The van der Waals surface area contributed by atoms with E-state index in [0.29, 0.717) is 28.9 Å². The number of aliphatic hydroxyl groups excluding tert-OH is 1. The molecule has 0 fully saturated rings. The van der Waals surface area contributed by atoms with E-state index in [0.717, 1.165) is 5.56 Å². The predicted molar refractivity (Wildman–Crippen MR) is 100 cm³/mol. The molecule has 1 atom stereocenters. The van der Waals surface area contributed by atoms with Crippen molar-refractivity contribution in [2.24, 2.45) is 0 Å². The quantitative estimate of drug-likeness (QED) is 0.752. The fourth-order valence-corrected chi connectivity index (χ4v) is 3.57. The van der Waals surface area contributed by atoms with Crippen LogP contribution in [0.2, 0.25) is 0 Å². The number of benzene rings is 2. The van der Waals surface area contributed by atoms with Gasteiger partial charge in [-0.2, -0.15) is 0 Å². The average Bonchev–Trinajstić information content (AvgIpc) is 2.96. The number of carbonyl (C=O) groups is 1. The zero-order chi connectivity index (χ0) is 19.0. The molecule has 0 radical (unpaired) electrons. The van der Waals surface area contributed by atoms with Crippen molar-refractivity contribution < 1.29 is 19.1 Å². The predicted octanol–water partition coefficient (Wildman–Crippen LogP) is 2.73. The molecule has 0 bridgehead atoms. The van der Waals surface area contributed by atoms with Crippen molar-refractivity contribution in [3.05, 3.63) is 75.6 Å². The first-order valence-electron chi connectivity index (χ1n) is 8.86. The molecule has 1 aromatic heterocycles. The Bertz CT molecular complexity index is 1050. The minimum Gasteiger partial charge on any atom is -0.494 e. The van der Waals surface area contributed by atoms with Crippen LogP contribution in [0.25, 0.3) is 11.0 Å². The third-order valence-electron chi connectivity index (χ3n) is 4.72. The van der Waals surface area contributed by atoms with Gasteiger partial charge in [0, 0.05) is 6.54 Å². The molecule has 0 saturated heterocycles. The second kappa shape index (κ2) is 6.89. The van der Waals surface area contributed by atoms with Gasteiger partial charge in [0.05, 0.1) is 30.2 Å². The number of nitrogens with zero attached hydrogens (tertiary/aromatic N) is 1. The monoisotopic (exact) mass is 365 g/mol. The van der Waals surface area contributed by atoms with Crippen molar-refractivity contribution >= 4 is 16.9 Å². The minimum absolute atomic E-state index is 0.0473. The van der Waals surface area contributed by atoms with Gasteiger partial charge in [0.25, 0.3) is 5.91 Å². The van der Waals surface area contributed by atoms with E-state index in [4.69, 9.17) is 9.15 Å². The standard InChI is InChI=1S/C21H19NO5/c1-2-26-14-9-7-13(8-10-14)18-17-19(24)15-5-3-4-6-16(15)27-20(17)21(25)22(18)11-12-23/h3-10,18,23H,2,11-12H2,1H3/t18-/m0/s1. The highest BCUT2D eigenvalue weighted by atomic mass is 16.5. The maximum Gasteiger partial charge on any atom is 0.290 e. The first kappa shape index (κ1) is 17.3. The lowest BCUT2D eigenvalue weighted by molar-refractivity contribution is 0.0691. The molecule has 0 saturated carbocycles. The molecule has 1 amide bonds. The molecule has 1 aliphatic heterocycles. The number of fused-ring (bicyclic) bond motifs is 2. The molecule has 138 valence electrons. The van der Waals surface area contributed by atoms with E-state index in [1.54, 1.807) is 36.4 Å². The largest absolute Gasteiger partial charge is 0.494 e. The highest BCUT2D eigenvalue weighted by molar-refractivity contribution is 5.99. The zero-order valence-corrected chi connectivity index (χ0v) is 14.8. The summed E-state index contributed by atoms with van der Waals surface area (Å²) in [5.74, 6) is 0.372. The summed E-state index contributed by atoms with van der Waals surface area (Å²) in [5.41, 5.74) is 1.24. The summed E-state index contributed by atoms with van der Waals surface area (Å²) < 4.78 is 11.3. The van der Waals surface area contributed by atoms with Crippen LogP contribution >= 0.6 is 0 Å². The number of para-hydroxylation sites is 1. The Morgan fingerprint density at radius 3 is 2.56 bits per heavy atom. The summed E-state index contributed by atoms with van der Waals surface area (Å²) in [7, 11) is 0. The molecule has 3 aromatic rings. The van der Waals surface area contributed by atoms with Crippen molar-refractivity contribution in [3.8, 4) is 5.75 Å². The van der Waals surface area contributed by atoms with Crippen LogP contribution in [-0.2, 0) is 0 Å². The van der Waals surface area contributed by atoms with E-state index in [1.807, 2.05) is 19.1 Å². The van der Waals surface area contributed by atoms with Gasteiger partial charge in [0.2, 0.25) is 5.76 Å².